The van der Waals surface area contributed by atoms with E-state index in [4.69, 9.17) is 15.8 Å². The van der Waals surface area contributed by atoms with Crippen LogP contribution in [0.2, 0.25) is 5.02 Å². The molecule has 0 spiro atoms. The Kier molecular flexibility index (Phi) is 4.46. The maximum atomic E-state index is 13.1. The molecule has 2 rings (SSSR count). The standard InChI is InChI=1S/C13H10ClFO5S2/c1-21(16,17)11-5-6-12(14)13(8-11)22(18,19)20-10-4-2-3-9(15)7-10/h2-8H,1H3. The number of hydrogen-bond acceptors (Lipinski definition) is 5. The van der Waals surface area contributed by atoms with E-state index in [1.54, 1.807) is 0 Å². The van der Waals surface area contributed by atoms with Gasteiger partial charge >= 0.3 is 10.1 Å². The molecule has 0 bridgehead atoms. The van der Waals surface area contributed by atoms with Crippen LogP contribution in [0, 0.1) is 5.82 Å². The van der Waals surface area contributed by atoms with Crippen LogP contribution in [-0.4, -0.2) is 23.1 Å². The maximum Gasteiger partial charge on any atom is 0.340 e. The Hall–Kier alpha value is -1.64. The van der Waals surface area contributed by atoms with Crippen LogP contribution in [0.3, 0.4) is 0 Å². The van der Waals surface area contributed by atoms with Gasteiger partial charge in [0.15, 0.2) is 9.84 Å². The van der Waals surface area contributed by atoms with Crippen molar-refractivity contribution >= 4 is 31.6 Å². The van der Waals surface area contributed by atoms with Crippen molar-refractivity contribution < 1.29 is 25.4 Å². The molecule has 0 aromatic heterocycles. The normalized spacial score (nSPS) is 12.1. The third-order valence-corrected chi connectivity index (χ3v) is 5.44. The van der Waals surface area contributed by atoms with E-state index in [1.165, 1.54) is 18.2 Å². The van der Waals surface area contributed by atoms with Crippen LogP contribution in [0.15, 0.2) is 52.3 Å². The lowest BCUT2D eigenvalue weighted by molar-refractivity contribution is 0.483. The molecule has 0 saturated heterocycles. The minimum absolute atomic E-state index is 0.205. The molecule has 22 heavy (non-hydrogen) atoms. The molecule has 0 N–H and O–H groups in total. The van der Waals surface area contributed by atoms with Crippen LogP contribution in [0.25, 0.3) is 0 Å². The summed E-state index contributed by atoms with van der Waals surface area (Å²) < 4.78 is 65.2. The van der Waals surface area contributed by atoms with Gasteiger partial charge in [0.05, 0.1) is 9.92 Å². The first-order valence-electron chi connectivity index (χ1n) is 5.79. The maximum absolute atomic E-state index is 13.1. The van der Waals surface area contributed by atoms with Gasteiger partial charge in [-0.15, -0.1) is 0 Å². The van der Waals surface area contributed by atoms with Crippen molar-refractivity contribution in [2.24, 2.45) is 0 Å². The quantitative estimate of drug-likeness (QED) is 0.779. The van der Waals surface area contributed by atoms with Crippen molar-refractivity contribution in [2.75, 3.05) is 6.26 Å². The van der Waals surface area contributed by atoms with E-state index < -0.39 is 30.7 Å². The van der Waals surface area contributed by atoms with Crippen molar-refractivity contribution in [3.05, 3.63) is 53.3 Å². The van der Waals surface area contributed by atoms with E-state index in [0.29, 0.717) is 0 Å². The van der Waals surface area contributed by atoms with E-state index in [2.05, 4.69) is 0 Å². The molecule has 5 nitrogen and oxygen atoms in total. The molecule has 118 valence electrons. The highest BCUT2D eigenvalue weighted by atomic mass is 35.5. The first-order chi connectivity index (χ1) is 10.1. The molecule has 0 fully saturated rings. The molecule has 0 heterocycles. The van der Waals surface area contributed by atoms with Crippen molar-refractivity contribution in [3.8, 4) is 5.75 Å². The molecular weight excluding hydrogens is 355 g/mol. The Labute approximate surface area is 132 Å². The van der Waals surface area contributed by atoms with Gasteiger partial charge in [-0.25, -0.2) is 12.8 Å². The summed E-state index contributed by atoms with van der Waals surface area (Å²) >= 11 is 5.80. The van der Waals surface area contributed by atoms with Gasteiger partial charge in [0.2, 0.25) is 0 Å². The zero-order chi connectivity index (χ0) is 16.5. The van der Waals surface area contributed by atoms with Gasteiger partial charge in [0.1, 0.15) is 16.5 Å². The Balaban J connectivity index is 2.50. The third-order valence-electron chi connectivity index (χ3n) is 2.60. The molecule has 0 unspecified atom stereocenters. The molecule has 0 aliphatic heterocycles. The van der Waals surface area contributed by atoms with Gasteiger partial charge < -0.3 is 4.18 Å². The molecule has 0 radical (unpaired) electrons. The molecule has 0 amide bonds. The zero-order valence-corrected chi connectivity index (χ0v) is 13.5. The second kappa shape index (κ2) is 5.86. The third kappa shape index (κ3) is 3.76. The summed E-state index contributed by atoms with van der Waals surface area (Å²) in [5.74, 6) is -0.926. The first kappa shape index (κ1) is 16.7. The van der Waals surface area contributed by atoms with E-state index in [9.17, 15) is 21.2 Å². The number of sulfone groups is 1. The van der Waals surface area contributed by atoms with Gasteiger partial charge in [-0.05, 0) is 30.3 Å². The monoisotopic (exact) mass is 364 g/mol. The van der Waals surface area contributed by atoms with Gasteiger partial charge in [-0.2, -0.15) is 8.42 Å². The Morgan fingerprint density at radius 1 is 1.05 bits per heavy atom. The van der Waals surface area contributed by atoms with Gasteiger partial charge in [-0.3, -0.25) is 0 Å². The lowest BCUT2D eigenvalue weighted by Gasteiger charge is -2.09. The molecular formula is C13H10ClFO5S2. The average Bonchev–Trinajstić information content (AvgIpc) is 2.36. The smallest absolute Gasteiger partial charge is 0.340 e. The number of benzene rings is 2. The highest BCUT2D eigenvalue weighted by Gasteiger charge is 2.23. The minimum Gasteiger partial charge on any atom is -0.379 e. The molecule has 0 atom stereocenters. The summed E-state index contributed by atoms with van der Waals surface area (Å²) in [6.07, 6.45) is 0.931. The zero-order valence-electron chi connectivity index (χ0n) is 11.2. The summed E-state index contributed by atoms with van der Waals surface area (Å²) in [4.78, 5) is -0.736. The van der Waals surface area contributed by atoms with Crippen molar-refractivity contribution in [3.63, 3.8) is 0 Å². The molecule has 2 aromatic rings. The summed E-state index contributed by atoms with van der Waals surface area (Å²) in [5, 5.41) is -0.205. The molecule has 2 aromatic carbocycles. The van der Waals surface area contributed by atoms with Crippen LogP contribution in [0.5, 0.6) is 5.75 Å². The fourth-order valence-corrected chi connectivity index (χ4v) is 3.74. The second-order valence-corrected chi connectivity index (χ2v) is 8.30. The van der Waals surface area contributed by atoms with Gasteiger partial charge in [0.25, 0.3) is 0 Å². The lowest BCUT2D eigenvalue weighted by atomic mass is 10.3. The van der Waals surface area contributed by atoms with Crippen LogP contribution in [0.1, 0.15) is 0 Å². The number of rotatable bonds is 4. The highest BCUT2D eigenvalue weighted by Crippen LogP contribution is 2.27. The van der Waals surface area contributed by atoms with Crippen LogP contribution >= 0.6 is 11.6 Å². The number of hydrogen-bond donors (Lipinski definition) is 0. The lowest BCUT2D eigenvalue weighted by Crippen LogP contribution is -2.11. The second-order valence-electron chi connectivity index (χ2n) is 4.36. The molecule has 9 heteroatoms. The summed E-state index contributed by atoms with van der Waals surface area (Å²) in [6, 6.07) is 7.73. The summed E-state index contributed by atoms with van der Waals surface area (Å²) in [7, 11) is -8.03. The first-order valence-corrected chi connectivity index (χ1v) is 9.47. The Morgan fingerprint density at radius 2 is 1.73 bits per heavy atom. The largest absolute Gasteiger partial charge is 0.379 e. The topological polar surface area (TPSA) is 77.5 Å². The predicted molar refractivity (Wildman–Crippen MR) is 78.8 cm³/mol. The SMILES string of the molecule is CS(=O)(=O)c1ccc(Cl)c(S(=O)(=O)Oc2cccc(F)c2)c1. The minimum atomic E-state index is -4.41. The van der Waals surface area contributed by atoms with Gasteiger partial charge in [0, 0.05) is 12.3 Å². The molecule has 0 aliphatic carbocycles. The predicted octanol–water partition coefficient (Wildman–Crippen LogP) is 2.65. The fourth-order valence-electron chi connectivity index (χ4n) is 1.60. The summed E-state index contributed by atoms with van der Waals surface area (Å²) in [5.41, 5.74) is 0. The fraction of sp³-hybridized carbons (Fsp3) is 0.0769. The average molecular weight is 365 g/mol. The van der Waals surface area contributed by atoms with Crippen LogP contribution in [-0.2, 0) is 20.0 Å². The van der Waals surface area contributed by atoms with Crippen molar-refractivity contribution in [1.82, 2.24) is 0 Å². The number of halogens is 2. The van der Waals surface area contributed by atoms with Gasteiger partial charge in [-0.1, -0.05) is 17.7 Å². The summed E-state index contributed by atoms with van der Waals surface area (Å²) in [6.45, 7) is 0. The van der Waals surface area contributed by atoms with Crippen molar-refractivity contribution in [2.45, 2.75) is 9.79 Å². The van der Waals surface area contributed by atoms with Crippen LogP contribution in [0.4, 0.5) is 4.39 Å². The van der Waals surface area contributed by atoms with E-state index in [1.807, 2.05) is 0 Å². The van der Waals surface area contributed by atoms with Crippen molar-refractivity contribution in [1.29, 1.82) is 0 Å². The Morgan fingerprint density at radius 3 is 2.32 bits per heavy atom. The van der Waals surface area contributed by atoms with E-state index in [-0.39, 0.29) is 15.7 Å². The Bertz CT molecular complexity index is 923. The van der Waals surface area contributed by atoms with E-state index >= 15 is 0 Å². The molecule has 0 aliphatic rings. The van der Waals surface area contributed by atoms with Crippen LogP contribution < -0.4 is 4.18 Å². The highest BCUT2D eigenvalue weighted by molar-refractivity contribution is 7.90. The van der Waals surface area contributed by atoms with E-state index in [0.717, 1.165) is 30.5 Å². The molecule has 0 saturated carbocycles.